The number of pyridine rings is 1. The molecule has 0 aliphatic heterocycles. The van der Waals surface area contributed by atoms with Crippen LogP contribution in [0.4, 0.5) is 5.82 Å². The van der Waals surface area contributed by atoms with E-state index in [4.69, 9.17) is 0 Å². The second kappa shape index (κ2) is 5.81. The van der Waals surface area contributed by atoms with Crippen LogP contribution < -0.4 is 5.32 Å². The molecule has 0 saturated heterocycles. The molecular weight excluding hydrogens is 252 g/mol. The van der Waals surface area contributed by atoms with Crippen molar-refractivity contribution in [1.29, 1.82) is 0 Å². The smallest absolute Gasteiger partial charge is 0.339 e. The molecular formula is C16H24N2O2. The van der Waals surface area contributed by atoms with Crippen LogP contribution in [0.2, 0.25) is 0 Å². The summed E-state index contributed by atoms with van der Waals surface area (Å²) >= 11 is 0. The second-order valence-corrected chi connectivity index (χ2v) is 6.74. The molecule has 110 valence electrons. The summed E-state index contributed by atoms with van der Waals surface area (Å²) in [6.45, 7) is 7.27. The SMILES string of the molecule is CC(C)(C)CCNc1nc2c(cc1C(=O)O)CCCC2. The molecule has 0 aromatic carbocycles. The van der Waals surface area contributed by atoms with Gasteiger partial charge in [0.15, 0.2) is 0 Å². The van der Waals surface area contributed by atoms with E-state index in [9.17, 15) is 9.90 Å². The molecule has 0 unspecified atom stereocenters. The van der Waals surface area contributed by atoms with Gasteiger partial charge in [-0.15, -0.1) is 0 Å². The van der Waals surface area contributed by atoms with E-state index in [0.717, 1.165) is 49.9 Å². The molecule has 1 aliphatic rings. The van der Waals surface area contributed by atoms with E-state index < -0.39 is 5.97 Å². The number of aryl methyl sites for hydroxylation is 2. The molecule has 0 spiro atoms. The van der Waals surface area contributed by atoms with Gasteiger partial charge in [0, 0.05) is 12.2 Å². The lowest BCUT2D eigenvalue weighted by Crippen LogP contribution is -2.17. The minimum atomic E-state index is -0.899. The molecule has 2 rings (SSSR count). The van der Waals surface area contributed by atoms with E-state index in [1.807, 2.05) is 6.07 Å². The monoisotopic (exact) mass is 276 g/mol. The number of rotatable bonds is 4. The van der Waals surface area contributed by atoms with E-state index in [2.05, 4.69) is 31.1 Å². The molecule has 0 amide bonds. The lowest BCUT2D eigenvalue weighted by molar-refractivity contribution is 0.0697. The minimum Gasteiger partial charge on any atom is -0.478 e. The zero-order valence-corrected chi connectivity index (χ0v) is 12.6. The summed E-state index contributed by atoms with van der Waals surface area (Å²) in [5.74, 6) is -0.369. The highest BCUT2D eigenvalue weighted by atomic mass is 16.4. The molecule has 1 aromatic heterocycles. The fraction of sp³-hybridized carbons (Fsp3) is 0.625. The summed E-state index contributed by atoms with van der Waals surface area (Å²) < 4.78 is 0. The number of hydrogen-bond donors (Lipinski definition) is 2. The van der Waals surface area contributed by atoms with Crippen molar-refractivity contribution in [3.63, 3.8) is 0 Å². The summed E-state index contributed by atoms with van der Waals surface area (Å²) in [5.41, 5.74) is 2.71. The van der Waals surface area contributed by atoms with Crippen LogP contribution in [0.1, 0.15) is 61.6 Å². The van der Waals surface area contributed by atoms with Crippen LogP contribution in [0, 0.1) is 5.41 Å². The standard InChI is InChI=1S/C16H24N2O2/c1-16(2,3)8-9-17-14-12(15(19)20)10-11-6-4-5-7-13(11)18-14/h10H,4-9H2,1-3H3,(H,17,18)(H,19,20). The number of hydrogen-bond acceptors (Lipinski definition) is 3. The highest BCUT2D eigenvalue weighted by Gasteiger charge is 2.19. The van der Waals surface area contributed by atoms with Gasteiger partial charge < -0.3 is 10.4 Å². The molecule has 0 bridgehead atoms. The molecule has 0 saturated carbocycles. The van der Waals surface area contributed by atoms with Gasteiger partial charge in [-0.2, -0.15) is 0 Å². The zero-order valence-electron chi connectivity index (χ0n) is 12.6. The normalized spacial score (nSPS) is 14.8. The molecule has 4 nitrogen and oxygen atoms in total. The number of aromatic carboxylic acids is 1. The quantitative estimate of drug-likeness (QED) is 0.883. The number of carboxylic acids is 1. The Morgan fingerprint density at radius 1 is 1.35 bits per heavy atom. The molecule has 20 heavy (non-hydrogen) atoms. The van der Waals surface area contributed by atoms with Gasteiger partial charge in [-0.1, -0.05) is 20.8 Å². The first-order valence-electron chi connectivity index (χ1n) is 7.37. The van der Waals surface area contributed by atoms with Crippen molar-refractivity contribution in [3.8, 4) is 0 Å². The van der Waals surface area contributed by atoms with E-state index in [1.54, 1.807) is 0 Å². The van der Waals surface area contributed by atoms with Crippen LogP contribution >= 0.6 is 0 Å². The Labute approximate surface area is 120 Å². The van der Waals surface area contributed by atoms with Crippen molar-refractivity contribution < 1.29 is 9.90 Å². The molecule has 1 aliphatic carbocycles. The lowest BCUT2D eigenvalue weighted by Gasteiger charge is -2.21. The van der Waals surface area contributed by atoms with Gasteiger partial charge in [0.05, 0.1) is 0 Å². The van der Waals surface area contributed by atoms with E-state index in [1.165, 1.54) is 0 Å². The first kappa shape index (κ1) is 14.8. The number of nitrogens with zero attached hydrogens (tertiary/aromatic N) is 1. The number of aromatic nitrogens is 1. The summed E-state index contributed by atoms with van der Waals surface area (Å²) in [6.07, 6.45) is 5.16. The van der Waals surface area contributed by atoms with Gasteiger partial charge in [-0.3, -0.25) is 0 Å². The highest BCUT2D eigenvalue weighted by molar-refractivity contribution is 5.93. The van der Waals surface area contributed by atoms with Gasteiger partial charge in [-0.05, 0) is 49.1 Å². The molecule has 4 heteroatoms. The third-order valence-corrected chi connectivity index (χ3v) is 3.70. The number of anilines is 1. The van der Waals surface area contributed by atoms with Gasteiger partial charge >= 0.3 is 5.97 Å². The Morgan fingerprint density at radius 3 is 2.70 bits per heavy atom. The second-order valence-electron chi connectivity index (χ2n) is 6.74. The summed E-state index contributed by atoms with van der Waals surface area (Å²) in [4.78, 5) is 15.9. The van der Waals surface area contributed by atoms with Crippen molar-refractivity contribution in [2.24, 2.45) is 5.41 Å². The average molecular weight is 276 g/mol. The van der Waals surface area contributed by atoms with Crippen LogP contribution in [-0.2, 0) is 12.8 Å². The first-order chi connectivity index (χ1) is 9.37. The maximum atomic E-state index is 11.4. The Bertz CT molecular complexity index is 504. The van der Waals surface area contributed by atoms with Gasteiger partial charge in [0.1, 0.15) is 11.4 Å². The van der Waals surface area contributed by atoms with E-state index in [0.29, 0.717) is 11.4 Å². The maximum Gasteiger partial charge on any atom is 0.339 e. The number of carboxylic acid groups (broad SMARTS) is 1. The molecule has 2 N–H and O–H groups in total. The van der Waals surface area contributed by atoms with Gasteiger partial charge in [0.2, 0.25) is 0 Å². The molecule has 0 radical (unpaired) electrons. The van der Waals surface area contributed by atoms with Crippen molar-refractivity contribution >= 4 is 11.8 Å². The topological polar surface area (TPSA) is 62.2 Å². The minimum absolute atomic E-state index is 0.227. The fourth-order valence-corrected chi connectivity index (χ4v) is 2.49. The predicted molar refractivity (Wildman–Crippen MR) is 80.4 cm³/mol. The number of fused-ring (bicyclic) bond motifs is 1. The fourth-order valence-electron chi connectivity index (χ4n) is 2.49. The Balaban J connectivity index is 2.19. The largest absolute Gasteiger partial charge is 0.478 e. The summed E-state index contributed by atoms with van der Waals surface area (Å²) in [7, 11) is 0. The lowest BCUT2D eigenvalue weighted by atomic mass is 9.92. The van der Waals surface area contributed by atoms with E-state index >= 15 is 0 Å². The van der Waals surface area contributed by atoms with Crippen molar-refractivity contribution in [1.82, 2.24) is 4.98 Å². The van der Waals surface area contributed by atoms with Gasteiger partial charge in [0.25, 0.3) is 0 Å². The first-order valence-corrected chi connectivity index (χ1v) is 7.37. The van der Waals surface area contributed by atoms with Crippen LogP contribution in [0.15, 0.2) is 6.07 Å². The predicted octanol–water partition coefficient (Wildman–Crippen LogP) is 3.51. The van der Waals surface area contributed by atoms with Crippen LogP contribution in [0.25, 0.3) is 0 Å². The maximum absolute atomic E-state index is 11.4. The molecule has 0 fully saturated rings. The van der Waals surface area contributed by atoms with Crippen LogP contribution in [0.5, 0.6) is 0 Å². The van der Waals surface area contributed by atoms with Crippen molar-refractivity contribution in [2.75, 3.05) is 11.9 Å². The van der Waals surface area contributed by atoms with Crippen LogP contribution in [0.3, 0.4) is 0 Å². The number of carbonyl (C=O) groups is 1. The summed E-state index contributed by atoms with van der Waals surface area (Å²) in [5, 5.41) is 12.6. The molecule has 0 atom stereocenters. The Kier molecular flexibility index (Phi) is 4.31. The Morgan fingerprint density at radius 2 is 2.05 bits per heavy atom. The third kappa shape index (κ3) is 3.71. The summed E-state index contributed by atoms with van der Waals surface area (Å²) in [6, 6.07) is 1.81. The van der Waals surface area contributed by atoms with Crippen molar-refractivity contribution in [3.05, 3.63) is 22.9 Å². The Hall–Kier alpha value is -1.58. The highest BCUT2D eigenvalue weighted by Crippen LogP contribution is 2.25. The molecule has 1 heterocycles. The van der Waals surface area contributed by atoms with Crippen LogP contribution in [-0.4, -0.2) is 22.6 Å². The zero-order chi connectivity index (χ0) is 14.8. The van der Waals surface area contributed by atoms with E-state index in [-0.39, 0.29) is 5.41 Å². The molecule has 1 aromatic rings. The van der Waals surface area contributed by atoms with Crippen molar-refractivity contribution in [2.45, 2.75) is 52.9 Å². The van der Waals surface area contributed by atoms with Gasteiger partial charge in [-0.25, -0.2) is 9.78 Å². The number of nitrogens with one attached hydrogen (secondary N) is 1. The third-order valence-electron chi connectivity index (χ3n) is 3.70. The average Bonchev–Trinajstić information content (AvgIpc) is 2.36.